The van der Waals surface area contributed by atoms with Crippen LogP contribution < -0.4 is 19.6 Å². The van der Waals surface area contributed by atoms with Crippen molar-refractivity contribution in [1.29, 1.82) is 0 Å². The minimum Gasteiger partial charge on any atom is -0.463 e. The Morgan fingerprint density at radius 3 is 2.44 bits per heavy atom. The maximum absolute atomic E-state index is 13.5. The summed E-state index contributed by atoms with van der Waals surface area (Å²) in [6.45, 7) is 4.95. The largest absolute Gasteiger partial charge is 0.463 e. The van der Waals surface area contributed by atoms with Gasteiger partial charge in [-0.3, -0.25) is 14.2 Å². The molecule has 0 saturated carbocycles. The molecule has 4 rings (SSSR count). The maximum Gasteiger partial charge on any atom is 0.338 e. The summed E-state index contributed by atoms with van der Waals surface area (Å²) in [5.74, 6) is -0.611. The van der Waals surface area contributed by atoms with Crippen LogP contribution in [-0.2, 0) is 14.3 Å². The van der Waals surface area contributed by atoms with E-state index in [0.717, 1.165) is 5.56 Å². The van der Waals surface area contributed by atoms with Crippen molar-refractivity contribution in [2.24, 2.45) is 4.99 Å². The van der Waals surface area contributed by atoms with Crippen molar-refractivity contribution in [3.63, 3.8) is 0 Å². The van der Waals surface area contributed by atoms with Crippen molar-refractivity contribution in [2.75, 3.05) is 6.61 Å². The van der Waals surface area contributed by atoms with Gasteiger partial charge in [0.15, 0.2) is 4.80 Å². The zero-order chi connectivity index (χ0) is 24.4. The van der Waals surface area contributed by atoms with Gasteiger partial charge in [0.25, 0.3) is 5.56 Å². The third-order valence-electron chi connectivity index (χ3n) is 5.14. The molecule has 9 heteroatoms. The number of carbonyl (C=O) groups is 2. The van der Waals surface area contributed by atoms with Gasteiger partial charge in [0.05, 0.1) is 28.5 Å². The molecule has 1 aliphatic heterocycles. The Kier molecular flexibility index (Phi) is 6.81. The van der Waals surface area contributed by atoms with Crippen molar-refractivity contribution in [1.82, 2.24) is 4.57 Å². The summed E-state index contributed by atoms with van der Waals surface area (Å²) >= 11 is 7.21. The normalized spacial score (nSPS) is 15.5. The molecule has 174 valence electrons. The fourth-order valence-electron chi connectivity index (χ4n) is 3.70. The van der Waals surface area contributed by atoms with Crippen LogP contribution in [0.15, 0.2) is 69.6 Å². The zero-order valence-corrected chi connectivity index (χ0v) is 20.3. The van der Waals surface area contributed by atoms with E-state index >= 15 is 0 Å². The number of nitrogens with zero attached hydrogens (tertiary/aromatic N) is 2. The van der Waals surface area contributed by atoms with Gasteiger partial charge < -0.3 is 9.47 Å². The first-order valence-corrected chi connectivity index (χ1v) is 11.7. The van der Waals surface area contributed by atoms with Crippen molar-refractivity contribution < 1.29 is 19.1 Å². The lowest BCUT2D eigenvalue weighted by Crippen LogP contribution is -2.39. The number of rotatable bonds is 5. The predicted molar refractivity (Wildman–Crippen MR) is 130 cm³/mol. The summed E-state index contributed by atoms with van der Waals surface area (Å²) in [6.07, 6.45) is 1.77. The van der Waals surface area contributed by atoms with Gasteiger partial charge in [0.1, 0.15) is 5.75 Å². The van der Waals surface area contributed by atoms with Crippen molar-refractivity contribution in [3.05, 3.63) is 95.6 Å². The number of halogens is 1. The average Bonchev–Trinajstić information content (AvgIpc) is 3.09. The van der Waals surface area contributed by atoms with Crippen LogP contribution in [0.2, 0.25) is 5.02 Å². The topological polar surface area (TPSA) is 87.0 Å². The van der Waals surface area contributed by atoms with E-state index in [4.69, 9.17) is 21.1 Å². The van der Waals surface area contributed by atoms with Gasteiger partial charge in [-0.05, 0) is 55.3 Å². The molecule has 1 atom stereocenters. The number of benzene rings is 2. The monoisotopic (exact) mass is 496 g/mol. The first kappa shape index (κ1) is 23.7. The van der Waals surface area contributed by atoms with E-state index in [0.29, 0.717) is 31.4 Å². The Morgan fingerprint density at radius 2 is 1.82 bits per heavy atom. The SMILES string of the molecule is CCOC(=O)C1=C(C)N=c2sc(=Cc3ccc(Cl)cc3)c(=O)n2C1c1ccc(OC(C)=O)cc1. The summed E-state index contributed by atoms with van der Waals surface area (Å²) in [5, 5.41) is 0.602. The number of hydrogen-bond acceptors (Lipinski definition) is 7. The van der Waals surface area contributed by atoms with E-state index < -0.39 is 18.0 Å². The number of ether oxygens (including phenoxy) is 2. The Hall–Kier alpha value is -3.49. The van der Waals surface area contributed by atoms with Crippen LogP contribution in [0.25, 0.3) is 6.08 Å². The molecule has 2 aromatic carbocycles. The third kappa shape index (κ3) is 4.73. The number of esters is 2. The van der Waals surface area contributed by atoms with Crippen molar-refractivity contribution in [2.45, 2.75) is 26.8 Å². The minimum absolute atomic E-state index is 0.189. The van der Waals surface area contributed by atoms with Gasteiger partial charge in [0, 0.05) is 11.9 Å². The molecule has 0 amide bonds. The van der Waals surface area contributed by atoms with E-state index in [9.17, 15) is 14.4 Å². The Bertz CT molecular complexity index is 1470. The smallest absolute Gasteiger partial charge is 0.338 e. The van der Waals surface area contributed by atoms with Gasteiger partial charge in [-0.2, -0.15) is 0 Å². The number of thiazole rings is 1. The first-order valence-electron chi connectivity index (χ1n) is 10.5. The molecule has 7 nitrogen and oxygen atoms in total. The van der Waals surface area contributed by atoms with Crippen LogP contribution in [0.3, 0.4) is 0 Å². The molecule has 0 bridgehead atoms. The molecule has 0 radical (unpaired) electrons. The molecule has 1 aliphatic rings. The summed E-state index contributed by atoms with van der Waals surface area (Å²) in [4.78, 5) is 42.7. The fraction of sp³-hybridized carbons (Fsp3) is 0.200. The highest BCUT2D eigenvalue weighted by Crippen LogP contribution is 2.31. The lowest BCUT2D eigenvalue weighted by Gasteiger charge is -2.24. The molecule has 0 aliphatic carbocycles. The number of allylic oxidation sites excluding steroid dienone is 1. The van der Waals surface area contributed by atoms with Crippen molar-refractivity contribution >= 4 is 41.0 Å². The lowest BCUT2D eigenvalue weighted by atomic mass is 9.96. The average molecular weight is 497 g/mol. The van der Waals surface area contributed by atoms with Crippen LogP contribution in [-0.4, -0.2) is 23.1 Å². The highest BCUT2D eigenvalue weighted by molar-refractivity contribution is 7.07. The quantitative estimate of drug-likeness (QED) is 0.399. The van der Waals surface area contributed by atoms with Crippen LogP contribution in [0, 0.1) is 0 Å². The van der Waals surface area contributed by atoms with E-state index in [1.165, 1.54) is 22.8 Å². The molecule has 1 unspecified atom stereocenters. The van der Waals surface area contributed by atoms with Gasteiger partial charge in [0.2, 0.25) is 0 Å². The fourth-order valence-corrected chi connectivity index (χ4v) is 4.87. The van der Waals surface area contributed by atoms with E-state index in [1.807, 2.05) is 12.1 Å². The number of carbonyl (C=O) groups excluding carboxylic acids is 2. The Balaban J connectivity index is 1.89. The lowest BCUT2D eigenvalue weighted by molar-refractivity contribution is -0.139. The Morgan fingerprint density at radius 1 is 1.15 bits per heavy atom. The summed E-state index contributed by atoms with van der Waals surface area (Å²) in [7, 11) is 0. The van der Waals surface area contributed by atoms with Crippen LogP contribution in [0.1, 0.15) is 37.9 Å². The first-order chi connectivity index (χ1) is 16.3. The second-order valence-electron chi connectivity index (χ2n) is 7.52. The van der Waals surface area contributed by atoms with Gasteiger partial charge in [-0.25, -0.2) is 9.79 Å². The molecule has 3 aromatic rings. The third-order valence-corrected chi connectivity index (χ3v) is 6.38. The second kappa shape index (κ2) is 9.79. The van der Waals surface area contributed by atoms with E-state index in [1.54, 1.807) is 56.3 Å². The number of fused-ring (bicyclic) bond motifs is 1. The maximum atomic E-state index is 13.5. The van der Waals surface area contributed by atoms with E-state index in [2.05, 4.69) is 4.99 Å². The second-order valence-corrected chi connectivity index (χ2v) is 8.96. The molecular formula is C25H21ClN2O5S. The molecule has 2 heterocycles. The van der Waals surface area contributed by atoms with Gasteiger partial charge in [-0.15, -0.1) is 0 Å². The number of aromatic nitrogens is 1. The van der Waals surface area contributed by atoms with Gasteiger partial charge in [-0.1, -0.05) is 47.2 Å². The number of hydrogen-bond donors (Lipinski definition) is 0. The molecule has 0 spiro atoms. The molecular weight excluding hydrogens is 476 g/mol. The summed E-state index contributed by atoms with van der Waals surface area (Å²) < 4.78 is 12.4. The molecule has 0 fully saturated rings. The molecule has 0 N–H and O–H groups in total. The zero-order valence-electron chi connectivity index (χ0n) is 18.7. The van der Waals surface area contributed by atoms with Crippen LogP contribution in [0.4, 0.5) is 0 Å². The summed E-state index contributed by atoms with van der Waals surface area (Å²) in [5.41, 5.74) is 1.96. The van der Waals surface area contributed by atoms with E-state index in [-0.39, 0.29) is 17.7 Å². The highest BCUT2D eigenvalue weighted by Gasteiger charge is 2.33. The van der Waals surface area contributed by atoms with Crippen LogP contribution >= 0.6 is 22.9 Å². The van der Waals surface area contributed by atoms with Gasteiger partial charge >= 0.3 is 11.9 Å². The standard InChI is InChI=1S/C25H21ClN2O5S/c1-4-32-24(31)21-14(2)27-25-28(22(21)17-7-11-19(12-8-17)33-15(3)29)23(30)20(34-25)13-16-5-9-18(26)10-6-16/h5-13,22H,4H2,1-3H3. The molecule has 1 aromatic heterocycles. The Labute approximate surface area is 204 Å². The molecule has 0 saturated heterocycles. The minimum atomic E-state index is -0.742. The van der Waals surface area contributed by atoms with Crippen molar-refractivity contribution in [3.8, 4) is 5.75 Å². The highest BCUT2D eigenvalue weighted by atomic mass is 35.5. The van der Waals surface area contributed by atoms with Crippen LogP contribution in [0.5, 0.6) is 5.75 Å². The molecule has 34 heavy (non-hydrogen) atoms. The summed E-state index contributed by atoms with van der Waals surface area (Å²) in [6, 6.07) is 13.1. The predicted octanol–water partition coefficient (Wildman–Crippen LogP) is 3.38.